The lowest BCUT2D eigenvalue weighted by molar-refractivity contribution is -0.139. The van der Waals surface area contributed by atoms with E-state index >= 15 is 0 Å². The molecular formula is C12H19N3O6. The van der Waals surface area contributed by atoms with Gasteiger partial charge in [-0.3, -0.25) is 14.5 Å². The van der Waals surface area contributed by atoms with Crippen LogP contribution in [0.1, 0.15) is 19.3 Å². The van der Waals surface area contributed by atoms with Crippen molar-refractivity contribution in [2.45, 2.75) is 31.3 Å². The van der Waals surface area contributed by atoms with Gasteiger partial charge in [0, 0.05) is 20.8 Å². The lowest BCUT2D eigenvalue weighted by Crippen LogP contribution is -2.50. The predicted molar refractivity (Wildman–Crippen MR) is 70.4 cm³/mol. The number of carbonyl (C=O) groups is 4. The number of methoxy groups -OCH3 is 1. The molecule has 1 fully saturated rings. The molecule has 0 bridgehead atoms. The second-order valence-corrected chi connectivity index (χ2v) is 4.69. The van der Waals surface area contributed by atoms with E-state index in [1.165, 1.54) is 14.2 Å². The van der Waals surface area contributed by atoms with E-state index < -0.39 is 30.0 Å². The lowest BCUT2D eigenvalue weighted by Gasteiger charge is -2.17. The van der Waals surface area contributed by atoms with Crippen LogP contribution in [-0.4, -0.2) is 66.7 Å². The van der Waals surface area contributed by atoms with Gasteiger partial charge in [0.1, 0.15) is 12.1 Å². The topological polar surface area (TPSA) is 125 Å². The third-order valence-electron chi connectivity index (χ3n) is 3.13. The van der Waals surface area contributed by atoms with Gasteiger partial charge in [0.2, 0.25) is 5.91 Å². The summed E-state index contributed by atoms with van der Waals surface area (Å²) in [5, 5.41) is 13.6. The number of ether oxygens (including phenoxy) is 1. The predicted octanol–water partition coefficient (Wildman–Crippen LogP) is -1.08. The van der Waals surface area contributed by atoms with Gasteiger partial charge < -0.3 is 20.5 Å². The number of hydrogen-bond acceptors (Lipinski definition) is 5. The van der Waals surface area contributed by atoms with E-state index in [1.807, 2.05) is 0 Å². The van der Waals surface area contributed by atoms with Crippen LogP contribution in [0, 0.1) is 0 Å². The van der Waals surface area contributed by atoms with Crippen molar-refractivity contribution in [2.24, 2.45) is 0 Å². The first kappa shape index (κ1) is 16.9. The van der Waals surface area contributed by atoms with Crippen molar-refractivity contribution in [1.29, 1.82) is 0 Å². The Hall–Kier alpha value is -2.16. The third-order valence-corrected chi connectivity index (χ3v) is 3.13. The summed E-state index contributed by atoms with van der Waals surface area (Å²) >= 11 is 0. The van der Waals surface area contributed by atoms with Crippen LogP contribution in [0.5, 0.6) is 0 Å². The molecule has 2 unspecified atom stereocenters. The number of likely N-dealkylation sites (tertiary alicyclic amines) is 1. The highest BCUT2D eigenvalue weighted by Crippen LogP contribution is 2.10. The summed E-state index contributed by atoms with van der Waals surface area (Å²) < 4.78 is 4.81. The number of nitrogens with zero attached hydrogens (tertiary/aromatic N) is 1. The van der Waals surface area contributed by atoms with E-state index in [0.29, 0.717) is 13.0 Å². The van der Waals surface area contributed by atoms with Gasteiger partial charge in [-0.25, -0.2) is 9.59 Å². The number of carboxylic acids is 1. The first-order chi connectivity index (χ1) is 9.86. The molecule has 1 heterocycles. The van der Waals surface area contributed by atoms with Crippen molar-refractivity contribution in [2.75, 3.05) is 20.8 Å². The van der Waals surface area contributed by atoms with Crippen molar-refractivity contribution in [3.8, 4) is 0 Å². The minimum absolute atomic E-state index is 0.121. The molecule has 118 valence electrons. The molecule has 1 saturated heterocycles. The van der Waals surface area contributed by atoms with Crippen LogP contribution < -0.4 is 10.6 Å². The average Bonchev–Trinajstić information content (AvgIpc) is 2.65. The normalized spacial score (nSPS) is 19.5. The summed E-state index contributed by atoms with van der Waals surface area (Å²) in [7, 11) is 2.82. The fourth-order valence-corrected chi connectivity index (χ4v) is 1.92. The van der Waals surface area contributed by atoms with E-state index in [0.717, 1.165) is 4.90 Å². The van der Waals surface area contributed by atoms with E-state index in [2.05, 4.69) is 10.6 Å². The van der Waals surface area contributed by atoms with Crippen LogP contribution in [0.15, 0.2) is 0 Å². The summed E-state index contributed by atoms with van der Waals surface area (Å²) in [4.78, 5) is 46.6. The van der Waals surface area contributed by atoms with Crippen molar-refractivity contribution in [1.82, 2.24) is 15.5 Å². The van der Waals surface area contributed by atoms with Gasteiger partial charge in [0.05, 0.1) is 6.42 Å². The molecule has 3 N–H and O–H groups in total. The maximum absolute atomic E-state index is 11.7. The molecule has 2 atom stereocenters. The number of rotatable bonds is 7. The third kappa shape index (κ3) is 4.71. The molecule has 9 heteroatoms. The molecular weight excluding hydrogens is 282 g/mol. The summed E-state index contributed by atoms with van der Waals surface area (Å²) in [5.74, 6) is -2.08. The molecule has 1 rings (SSSR count). The number of imide groups is 1. The van der Waals surface area contributed by atoms with Crippen molar-refractivity contribution < 1.29 is 29.0 Å². The molecule has 0 aromatic heterocycles. The molecule has 0 aliphatic carbocycles. The molecule has 0 aromatic carbocycles. The Morgan fingerprint density at radius 3 is 2.62 bits per heavy atom. The fourth-order valence-electron chi connectivity index (χ4n) is 1.92. The minimum Gasteiger partial charge on any atom is -0.480 e. The Kier molecular flexibility index (Phi) is 6.10. The SMILES string of the molecule is COCCCC(NC(=O)NC1CC(=O)N(C)C1=O)C(=O)O. The highest BCUT2D eigenvalue weighted by Gasteiger charge is 2.37. The Morgan fingerprint density at radius 2 is 2.14 bits per heavy atom. The maximum Gasteiger partial charge on any atom is 0.326 e. The van der Waals surface area contributed by atoms with Crippen molar-refractivity contribution >= 4 is 23.8 Å². The second kappa shape index (κ2) is 7.58. The number of aliphatic carboxylic acids is 1. The number of nitrogens with one attached hydrogen (secondary N) is 2. The Balaban J connectivity index is 2.49. The summed E-state index contributed by atoms with van der Waals surface area (Å²) in [5.41, 5.74) is 0. The van der Waals surface area contributed by atoms with Gasteiger partial charge >= 0.3 is 12.0 Å². The highest BCUT2D eigenvalue weighted by molar-refractivity contribution is 6.06. The van der Waals surface area contributed by atoms with E-state index in [-0.39, 0.29) is 18.7 Å². The van der Waals surface area contributed by atoms with Crippen LogP contribution in [0.3, 0.4) is 0 Å². The monoisotopic (exact) mass is 301 g/mol. The van der Waals surface area contributed by atoms with E-state index in [9.17, 15) is 19.2 Å². The fraction of sp³-hybridized carbons (Fsp3) is 0.667. The molecule has 21 heavy (non-hydrogen) atoms. The average molecular weight is 301 g/mol. The number of hydrogen-bond donors (Lipinski definition) is 3. The van der Waals surface area contributed by atoms with Crippen LogP contribution in [0.4, 0.5) is 4.79 Å². The Bertz CT molecular complexity index is 439. The van der Waals surface area contributed by atoms with Crippen molar-refractivity contribution in [3.63, 3.8) is 0 Å². The number of carboxylic acid groups (broad SMARTS) is 1. The van der Waals surface area contributed by atoms with Crippen molar-refractivity contribution in [3.05, 3.63) is 0 Å². The minimum atomic E-state index is -1.17. The molecule has 0 spiro atoms. The van der Waals surface area contributed by atoms with E-state index in [1.54, 1.807) is 0 Å². The van der Waals surface area contributed by atoms with Crippen LogP contribution in [-0.2, 0) is 19.1 Å². The molecule has 1 aliphatic rings. The first-order valence-corrected chi connectivity index (χ1v) is 6.46. The first-order valence-electron chi connectivity index (χ1n) is 6.46. The lowest BCUT2D eigenvalue weighted by atomic mass is 10.1. The zero-order valence-corrected chi connectivity index (χ0v) is 11.9. The maximum atomic E-state index is 11.7. The number of amides is 4. The van der Waals surface area contributed by atoms with Crippen LogP contribution in [0.2, 0.25) is 0 Å². The van der Waals surface area contributed by atoms with E-state index in [4.69, 9.17) is 9.84 Å². The molecule has 0 radical (unpaired) electrons. The smallest absolute Gasteiger partial charge is 0.326 e. The zero-order chi connectivity index (χ0) is 16.0. The summed E-state index contributed by atoms with van der Waals surface area (Å²) in [6.45, 7) is 0.382. The number of carbonyl (C=O) groups excluding carboxylic acids is 3. The standard InChI is InChI=1S/C12H19N3O6/c1-15-9(16)6-8(10(15)17)14-12(20)13-7(11(18)19)4-3-5-21-2/h7-8H,3-6H2,1-2H3,(H,18,19)(H2,13,14,20). The van der Waals surface area contributed by atoms with Crippen LogP contribution in [0.25, 0.3) is 0 Å². The van der Waals surface area contributed by atoms with Gasteiger partial charge in [-0.05, 0) is 12.8 Å². The molecule has 9 nitrogen and oxygen atoms in total. The zero-order valence-electron chi connectivity index (χ0n) is 11.9. The number of urea groups is 1. The van der Waals surface area contributed by atoms with Gasteiger partial charge in [0.25, 0.3) is 5.91 Å². The molecule has 4 amide bonds. The molecule has 1 aliphatic heterocycles. The molecule has 0 aromatic rings. The van der Waals surface area contributed by atoms with Gasteiger partial charge in [-0.15, -0.1) is 0 Å². The second-order valence-electron chi connectivity index (χ2n) is 4.69. The largest absolute Gasteiger partial charge is 0.480 e. The summed E-state index contributed by atoms with van der Waals surface area (Å²) in [6.07, 6.45) is 0.551. The molecule has 0 saturated carbocycles. The van der Waals surface area contributed by atoms with Gasteiger partial charge in [-0.2, -0.15) is 0 Å². The quantitative estimate of drug-likeness (QED) is 0.406. The van der Waals surface area contributed by atoms with Gasteiger partial charge in [-0.1, -0.05) is 0 Å². The Morgan fingerprint density at radius 1 is 1.48 bits per heavy atom. The highest BCUT2D eigenvalue weighted by atomic mass is 16.5. The number of likely N-dealkylation sites (N-methyl/N-ethyl adjacent to an activating group) is 1. The van der Waals surface area contributed by atoms with Gasteiger partial charge in [0.15, 0.2) is 0 Å². The van der Waals surface area contributed by atoms with Crippen LogP contribution >= 0.6 is 0 Å². The Labute approximate surface area is 121 Å². The summed E-state index contributed by atoms with van der Waals surface area (Å²) in [6, 6.07) is -2.82.